The topological polar surface area (TPSA) is 75.9 Å². The molecule has 0 aliphatic carbocycles. The highest BCUT2D eigenvalue weighted by Gasteiger charge is 2.38. The molecule has 3 rings (SSSR count). The Morgan fingerprint density at radius 1 is 1.21 bits per heavy atom. The number of nitrogens with two attached hydrogens (primary N) is 1. The van der Waals surface area contributed by atoms with Gasteiger partial charge in [0.15, 0.2) is 6.61 Å². The van der Waals surface area contributed by atoms with Crippen molar-refractivity contribution < 1.29 is 14.3 Å². The normalized spacial score (nSPS) is 24.3. The first kappa shape index (κ1) is 16.8. The summed E-state index contributed by atoms with van der Waals surface area (Å²) in [5.74, 6) is 0.00585. The van der Waals surface area contributed by atoms with Crippen LogP contribution in [0.1, 0.15) is 36.0 Å². The number of likely N-dealkylation sites (N-methyl/N-ethyl adjacent to an activating group) is 1. The van der Waals surface area contributed by atoms with Gasteiger partial charge in [0.2, 0.25) is 5.91 Å². The maximum Gasteiger partial charge on any atom is 0.260 e. The van der Waals surface area contributed by atoms with Crippen LogP contribution in [-0.4, -0.2) is 60.4 Å². The summed E-state index contributed by atoms with van der Waals surface area (Å²) in [4.78, 5) is 28.2. The predicted molar refractivity (Wildman–Crippen MR) is 90.8 cm³/mol. The van der Waals surface area contributed by atoms with E-state index in [2.05, 4.69) is 11.9 Å². The Balaban J connectivity index is 1.60. The summed E-state index contributed by atoms with van der Waals surface area (Å²) >= 11 is 0. The van der Waals surface area contributed by atoms with Crippen molar-refractivity contribution in [2.45, 2.75) is 37.8 Å². The minimum Gasteiger partial charge on any atom is -0.484 e. The molecule has 2 N–H and O–H groups in total. The number of rotatable bonds is 5. The van der Waals surface area contributed by atoms with E-state index in [1.807, 2.05) is 4.90 Å². The highest BCUT2D eigenvalue weighted by molar-refractivity contribution is 5.93. The quantitative estimate of drug-likeness (QED) is 0.881. The lowest BCUT2D eigenvalue weighted by atomic mass is 10.0. The van der Waals surface area contributed by atoms with E-state index in [1.54, 1.807) is 24.3 Å². The van der Waals surface area contributed by atoms with Crippen molar-refractivity contribution in [3.8, 4) is 5.75 Å². The lowest BCUT2D eigenvalue weighted by Gasteiger charge is -2.33. The van der Waals surface area contributed by atoms with Gasteiger partial charge in [0.25, 0.3) is 5.91 Å². The molecular formula is C18H25N3O3. The Labute approximate surface area is 142 Å². The monoisotopic (exact) mass is 331 g/mol. The maximum absolute atomic E-state index is 12.6. The second-order valence-electron chi connectivity index (χ2n) is 6.67. The summed E-state index contributed by atoms with van der Waals surface area (Å²) in [6.45, 7) is 1.91. The molecule has 0 aromatic heterocycles. The molecule has 24 heavy (non-hydrogen) atoms. The Kier molecular flexibility index (Phi) is 5.04. The van der Waals surface area contributed by atoms with Gasteiger partial charge < -0.3 is 20.3 Å². The van der Waals surface area contributed by atoms with Gasteiger partial charge in [-0.25, -0.2) is 0 Å². The molecule has 6 nitrogen and oxygen atoms in total. The largest absolute Gasteiger partial charge is 0.484 e. The average molecular weight is 331 g/mol. The molecule has 2 heterocycles. The van der Waals surface area contributed by atoms with Crippen molar-refractivity contribution >= 4 is 11.8 Å². The van der Waals surface area contributed by atoms with Crippen molar-refractivity contribution in [2.24, 2.45) is 5.73 Å². The summed E-state index contributed by atoms with van der Waals surface area (Å²) in [6, 6.07) is 7.39. The molecule has 2 saturated heterocycles. The number of hydrogen-bond acceptors (Lipinski definition) is 4. The van der Waals surface area contributed by atoms with Crippen molar-refractivity contribution in [1.82, 2.24) is 9.80 Å². The molecule has 1 aromatic rings. The molecule has 2 aliphatic heterocycles. The predicted octanol–water partition coefficient (Wildman–Crippen LogP) is 1.25. The molecule has 1 aromatic carbocycles. The Morgan fingerprint density at radius 2 is 1.96 bits per heavy atom. The van der Waals surface area contributed by atoms with Crippen LogP contribution in [-0.2, 0) is 4.79 Å². The third-order valence-electron chi connectivity index (χ3n) is 5.12. The van der Waals surface area contributed by atoms with Crippen molar-refractivity contribution in [1.29, 1.82) is 0 Å². The molecule has 0 spiro atoms. The van der Waals surface area contributed by atoms with Crippen LogP contribution in [0.15, 0.2) is 24.3 Å². The summed E-state index contributed by atoms with van der Waals surface area (Å²) in [6.07, 6.45) is 4.48. The first-order valence-corrected chi connectivity index (χ1v) is 8.58. The fraction of sp³-hybridized carbons (Fsp3) is 0.556. The molecule has 0 saturated carbocycles. The number of carbonyl (C=O) groups is 2. The van der Waals surface area contributed by atoms with E-state index in [4.69, 9.17) is 10.5 Å². The second kappa shape index (κ2) is 7.21. The lowest BCUT2D eigenvalue weighted by Crippen LogP contribution is -2.48. The van der Waals surface area contributed by atoms with Crippen molar-refractivity contribution in [2.75, 3.05) is 26.7 Å². The number of amides is 2. The fourth-order valence-electron chi connectivity index (χ4n) is 3.89. The standard InChI is InChI=1S/C18H25N3O3/c1-20-9-3-7-15(20)16-8-4-10-21(16)17(22)12-24-14-6-2-5-13(11-14)18(19)23/h2,5-6,11,15-16H,3-4,7-10,12H2,1H3,(H2,19,23)/t15-,16+/m1/s1. The van der Waals surface area contributed by atoms with E-state index < -0.39 is 5.91 Å². The van der Waals surface area contributed by atoms with Gasteiger partial charge in [-0.2, -0.15) is 0 Å². The summed E-state index contributed by atoms with van der Waals surface area (Å²) < 4.78 is 5.60. The van der Waals surface area contributed by atoms with E-state index in [9.17, 15) is 9.59 Å². The molecule has 0 unspecified atom stereocenters. The molecule has 6 heteroatoms. The number of nitrogens with zero attached hydrogens (tertiary/aromatic N) is 2. The van der Waals surface area contributed by atoms with Gasteiger partial charge in [-0.1, -0.05) is 6.07 Å². The van der Waals surface area contributed by atoms with E-state index in [-0.39, 0.29) is 12.5 Å². The molecule has 2 aliphatic rings. The van der Waals surface area contributed by atoms with Gasteiger partial charge in [-0.15, -0.1) is 0 Å². The zero-order valence-electron chi connectivity index (χ0n) is 14.1. The number of benzene rings is 1. The molecule has 2 atom stereocenters. The summed E-state index contributed by atoms with van der Waals surface area (Å²) in [5, 5.41) is 0. The maximum atomic E-state index is 12.6. The Bertz CT molecular complexity index is 619. The number of likely N-dealkylation sites (tertiary alicyclic amines) is 2. The SMILES string of the molecule is CN1CCC[C@@H]1[C@@H]1CCCN1C(=O)COc1cccc(C(N)=O)c1. The second-order valence-corrected chi connectivity index (χ2v) is 6.67. The van der Waals surface area contributed by atoms with E-state index in [0.717, 1.165) is 32.4 Å². The van der Waals surface area contributed by atoms with Crippen LogP contribution < -0.4 is 10.5 Å². The number of carbonyl (C=O) groups excluding carboxylic acids is 2. The third-order valence-corrected chi connectivity index (χ3v) is 5.12. The van der Waals surface area contributed by atoms with Crippen molar-refractivity contribution in [3.63, 3.8) is 0 Å². The van der Waals surface area contributed by atoms with Gasteiger partial charge in [-0.3, -0.25) is 9.59 Å². The van der Waals surface area contributed by atoms with Crippen LogP contribution in [0.5, 0.6) is 5.75 Å². The van der Waals surface area contributed by atoms with E-state index in [0.29, 0.717) is 23.4 Å². The number of hydrogen-bond donors (Lipinski definition) is 1. The van der Waals surface area contributed by atoms with Gasteiger partial charge in [0.1, 0.15) is 5.75 Å². The highest BCUT2D eigenvalue weighted by Crippen LogP contribution is 2.29. The zero-order valence-corrected chi connectivity index (χ0v) is 14.1. The van der Waals surface area contributed by atoms with Crippen LogP contribution in [0.4, 0.5) is 0 Å². The van der Waals surface area contributed by atoms with E-state index in [1.165, 1.54) is 6.42 Å². The molecular weight excluding hydrogens is 306 g/mol. The summed E-state index contributed by atoms with van der Waals surface area (Å²) in [7, 11) is 2.14. The molecule has 0 bridgehead atoms. The first-order valence-electron chi connectivity index (χ1n) is 8.58. The molecule has 0 radical (unpaired) electrons. The zero-order chi connectivity index (χ0) is 17.1. The number of primary amides is 1. The van der Waals surface area contributed by atoms with Gasteiger partial charge >= 0.3 is 0 Å². The van der Waals surface area contributed by atoms with Gasteiger partial charge in [0, 0.05) is 24.2 Å². The van der Waals surface area contributed by atoms with Crippen LogP contribution in [0, 0.1) is 0 Å². The number of ether oxygens (including phenoxy) is 1. The smallest absolute Gasteiger partial charge is 0.260 e. The Morgan fingerprint density at radius 3 is 2.67 bits per heavy atom. The molecule has 2 fully saturated rings. The van der Waals surface area contributed by atoms with Crippen LogP contribution in [0.2, 0.25) is 0 Å². The van der Waals surface area contributed by atoms with Crippen LogP contribution >= 0.6 is 0 Å². The summed E-state index contributed by atoms with van der Waals surface area (Å²) in [5.41, 5.74) is 5.65. The van der Waals surface area contributed by atoms with Gasteiger partial charge in [-0.05, 0) is 57.5 Å². The minimum atomic E-state index is -0.504. The van der Waals surface area contributed by atoms with Crippen molar-refractivity contribution in [3.05, 3.63) is 29.8 Å². The minimum absolute atomic E-state index is 0.00481. The first-order chi connectivity index (χ1) is 11.6. The fourth-order valence-corrected chi connectivity index (χ4v) is 3.89. The van der Waals surface area contributed by atoms with Crippen LogP contribution in [0.25, 0.3) is 0 Å². The van der Waals surface area contributed by atoms with E-state index >= 15 is 0 Å². The molecule has 2 amide bonds. The highest BCUT2D eigenvalue weighted by atomic mass is 16.5. The lowest BCUT2D eigenvalue weighted by molar-refractivity contribution is -0.135. The Hall–Kier alpha value is -2.08. The van der Waals surface area contributed by atoms with Crippen LogP contribution in [0.3, 0.4) is 0 Å². The average Bonchev–Trinajstić information content (AvgIpc) is 3.21. The third kappa shape index (κ3) is 3.53. The molecule has 130 valence electrons. The van der Waals surface area contributed by atoms with Gasteiger partial charge in [0.05, 0.1) is 0 Å².